The van der Waals surface area contributed by atoms with Gasteiger partial charge in [0.25, 0.3) is 0 Å². The summed E-state index contributed by atoms with van der Waals surface area (Å²) in [6.45, 7) is 9.37. The van der Waals surface area contributed by atoms with Gasteiger partial charge in [-0.1, -0.05) is 31.1 Å². The lowest BCUT2D eigenvalue weighted by Crippen LogP contribution is -2.43. The Morgan fingerprint density at radius 3 is 2.63 bits per heavy atom. The lowest BCUT2D eigenvalue weighted by molar-refractivity contribution is 0.109. The number of benzene rings is 1. The fourth-order valence-electron chi connectivity index (χ4n) is 4.33. The minimum atomic E-state index is 0.308. The monoisotopic (exact) mass is 370 g/mol. The van der Waals surface area contributed by atoms with Crippen molar-refractivity contribution in [1.82, 2.24) is 19.9 Å². The highest BCUT2D eigenvalue weighted by Gasteiger charge is 2.35. The molecule has 3 saturated heterocycles. The van der Waals surface area contributed by atoms with E-state index in [9.17, 15) is 0 Å². The molecule has 2 bridgehead atoms. The average molecular weight is 370 g/mol. The van der Waals surface area contributed by atoms with Crippen LogP contribution in [0.5, 0.6) is 5.75 Å². The lowest BCUT2D eigenvalue weighted by atomic mass is 9.95. The molecule has 6 heteroatoms. The van der Waals surface area contributed by atoms with Crippen LogP contribution in [0, 0.1) is 5.92 Å². The van der Waals surface area contributed by atoms with Crippen LogP contribution in [0.25, 0.3) is 0 Å². The number of piperidine rings is 1. The van der Waals surface area contributed by atoms with E-state index in [0.29, 0.717) is 12.0 Å². The number of nitrogens with zero attached hydrogens (tertiary/aromatic N) is 4. The third-order valence-electron chi connectivity index (χ3n) is 5.81. The Morgan fingerprint density at radius 2 is 1.93 bits per heavy atom. The van der Waals surface area contributed by atoms with Crippen molar-refractivity contribution in [2.24, 2.45) is 5.92 Å². The molecule has 3 aliphatic rings. The van der Waals surface area contributed by atoms with Gasteiger partial charge in [0.1, 0.15) is 5.75 Å². The number of ether oxygens (including phenoxy) is 1. The Labute approximate surface area is 161 Å². The van der Waals surface area contributed by atoms with E-state index < -0.39 is 0 Å². The summed E-state index contributed by atoms with van der Waals surface area (Å²) in [4.78, 5) is 9.74. The van der Waals surface area contributed by atoms with Crippen molar-refractivity contribution in [3.8, 4) is 5.75 Å². The second-order valence-electron chi connectivity index (χ2n) is 8.27. The van der Waals surface area contributed by atoms with Crippen LogP contribution in [0.4, 0.5) is 0 Å². The van der Waals surface area contributed by atoms with E-state index in [1.165, 1.54) is 24.9 Å². The molecule has 0 spiro atoms. The van der Waals surface area contributed by atoms with Crippen molar-refractivity contribution >= 4 is 0 Å². The number of hydrogen-bond donors (Lipinski definition) is 0. The van der Waals surface area contributed by atoms with E-state index in [2.05, 4.69) is 58.1 Å². The Hall–Kier alpha value is -1.92. The van der Waals surface area contributed by atoms with E-state index in [0.717, 1.165) is 49.6 Å². The minimum absolute atomic E-state index is 0.308. The predicted molar refractivity (Wildman–Crippen MR) is 104 cm³/mol. The summed E-state index contributed by atoms with van der Waals surface area (Å²) < 4.78 is 10.8. The van der Waals surface area contributed by atoms with E-state index in [1.807, 2.05) is 0 Å². The largest absolute Gasteiger partial charge is 0.497 e. The summed E-state index contributed by atoms with van der Waals surface area (Å²) in [6.07, 6.45) is 2.58. The number of hydrogen-bond acceptors (Lipinski definition) is 6. The van der Waals surface area contributed by atoms with Crippen LogP contribution < -0.4 is 4.74 Å². The van der Waals surface area contributed by atoms with Crippen molar-refractivity contribution in [2.75, 3.05) is 26.7 Å². The highest BCUT2D eigenvalue weighted by molar-refractivity contribution is 5.27. The summed E-state index contributed by atoms with van der Waals surface area (Å²) in [6, 6.07) is 9.02. The molecule has 1 aromatic carbocycles. The molecule has 27 heavy (non-hydrogen) atoms. The molecule has 0 aliphatic carbocycles. The fourth-order valence-corrected chi connectivity index (χ4v) is 4.33. The quantitative estimate of drug-likeness (QED) is 0.778. The maximum Gasteiger partial charge on any atom is 0.240 e. The number of methoxy groups -OCH3 is 1. The van der Waals surface area contributed by atoms with Crippen LogP contribution in [0.3, 0.4) is 0 Å². The maximum atomic E-state index is 5.49. The zero-order valence-electron chi connectivity index (χ0n) is 16.6. The molecule has 0 saturated carbocycles. The van der Waals surface area contributed by atoms with Crippen LogP contribution in [0.15, 0.2) is 28.8 Å². The Bertz CT molecular complexity index is 743. The van der Waals surface area contributed by atoms with Gasteiger partial charge in [0, 0.05) is 38.1 Å². The molecular formula is C21H30N4O2. The first-order valence-corrected chi connectivity index (χ1v) is 10.0. The Kier molecular flexibility index (Phi) is 5.45. The molecule has 2 aromatic rings. The number of rotatable bonds is 6. The van der Waals surface area contributed by atoms with Crippen molar-refractivity contribution in [3.63, 3.8) is 0 Å². The highest BCUT2D eigenvalue weighted by Crippen LogP contribution is 2.30. The summed E-state index contributed by atoms with van der Waals surface area (Å²) in [5, 5.41) is 4.12. The first-order valence-electron chi connectivity index (χ1n) is 10.0. The van der Waals surface area contributed by atoms with E-state index in [1.54, 1.807) is 7.11 Å². The molecule has 3 aliphatic heterocycles. The average Bonchev–Trinajstić information content (AvgIpc) is 2.97. The summed E-state index contributed by atoms with van der Waals surface area (Å²) >= 11 is 0. The van der Waals surface area contributed by atoms with Crippen molar-refractivity contribution in [2.45, 2.75) is 51.7 Å². The molecule has 6 nitrogen and oxygen atoms in total. The van der Waals surface area contributed by atoms with Gasteiger partial charge in [-0.2, -0.15) is 4.98 Å². The lowest BCUT2D eigenvalue weighted by Gasteiger charge is -2.35. The Morgan fingerprint density at radius 1 is 1.11 bits per heavy atom. The van der Waals surface area contributed by atoms with Crippen LogP contribution in [-0.2, 0) is 13.1 Å². The summed E-state index contributed by atoms with van der Waals surface area (Å²) in [5.41, 5.74) is 1.35. The van der Waals surface area contributed by atoms with Gasteiger partial charge in [-0.3, -0.25) is 9.80 Å². The van der Waals surface area contributed by atoms with Crippen molar-refractivity contribution < 1.29 is 9.26 Å². The van der Waals surface area contributed by atoms with Gasteiger partial charge in [0.05, 0.1) is 13.7 Å². The van der Waals surface area contributed by atoms with Gasteiger partial charge in [-0.05, 0) is 36.5 Å². The second-order valence-corrected chi connectivity index (χ2v) is 8.27. The molecule has 5 rings (SSSR count). The van der Waals surface area contributed by atoms with Gasteiger partial charge in [-0.25, -0.2) is 0 Å². The summed E-state index contributed by atoms with van der Waals surface area (Å²) in [5.74, 6) is 3.51. The zero-order valence-corrected chi connectivity index (χ0v) is 16.6. The van der Waals surface area contributed by atoms with Crippen LogP contribution >= 0.6 is 0 Å². The second kappa shape index (κ2) is 7.98. The molecule has 0 radical (unpaired) electrons. The molecule has 1 aromatic heterocycles. The van der Waals surface area contributed by atoms with Gasteiger partial charge >= 0.3 is 0 Å². The molecule has 0 amide bonds. The third kappa shape index (κ3) is 4.33. The Balaban J connectivity index is 1.40. The first-order chi connectivity index (χ1) is 13.1. The van der Waals surface area contributed by atoms with Gasteiger partial charge < -0.3 is 9.26 Å². The minimum Gasteiger partial charge on any atom is -0.497 e. The first kappa shape index (κ1) is 18.4. The molecule has 3 fully saturated rings. The summed E-state index contributed by atoms with van der Waals surface area (Å²) in [7, 11) is 1.71. The van der Waals surface area contributed by atoms with Gasteiger partial charge in [0.2, 0.25) is 5.89 Å². The third-order valence-corrected chi connectivity index (χ3v) is 5.81. The topological polar surface area (TPSA) is 54.6 Å². The normalized spacial score (nSPS) is 23.7. The molecule has 0 unspecified atom stereocenters. The highest BCUT2D eigenvalue weighted by atomic mass is 16.5. The SMILES string of the molecule is COc1ccc(CN2C[C@@H]3CC[C@H](C2)N(Cc2nc(C(C)C)no2)C3)cc1. The molecular weight excluding hydrogens is 340 g/mol. The van der Waals surface area contributed by atoms with Gasteiger partial charge in [-0.15, -0.1) is 0 Å². The van der Waals surface area contributed by atoms with E-state index in [-0.39, 0.29) is 0 Å². The van der Waals surface area contributed by atoms with Crippen LogP contribution in [-0.4, -0.2) is 52.7 Å². The van der Waals surface area contributed by atoms with Crippen molar-refractivity contribution in [1.29, 1.82) is 0 Å². The van der Waals surface area contributed by atoms with Crippen LogP contribution in [0.1, 0.15) is 49.9 Å². The number of aromatic nitrogens is 2. The van der Waals surface area contributed by atoms with Crippen LogP contribution in [0.2, 0.25) is 0 Å². The molecule has 0 N–H and O–H groups in total. The van der Waals surface area contributed by atoms with Gasteiger partial charge in [0.15, 0.2) is 5.82 Å². The van der Waals surface area contributed by atoms with Crippen molar-refractivity contribution in [3.05, 3.63) is 41.5 Å². The molecule has 4 heterocycles. The fraction of sp³-hybridized carbons (Fsp3) is 0.619. The predicted octanol–water partition coefficient (Wildman–Crippen LogP) is 3.30. The molecule has 2 atom stereocenters. The standard InChI is InChI=1S/C21H30N4O2/c1-15(2)21-22-20(27-23-21)14-25-12-17-4-7-18(25)13-24(11-17)10-16-5-8-19(26-3)9-6-16/h5-6,8-9,15,17-18H,4,7,10-14H2,1-3H3/t17-,18+/m0/s1. The number of fused-ring (bicyclic) bond motifs is 4. The molecule has 146 valence electrons. The maximum absolute atomic E-state index is 5.49. The smallest absolute Gasteiger partial charge is 0.240 e. The van der Waals surface area contributed by atoms with E-state index >= 15 is 0 Å². The van der Waals surface area contributed by atoms with E-state index in [4.69, 9.17) is 9.26 Å². The zero-order chi connectivity index (χ0) is 18.8.